The van der Waals surface area contributed by atoms with Gasteiger partial charge >= 0.3 is 5.97 Å². The van der Waals surface area contributed by atoms with E-state index in [4.69, 9.17) is 32.5 Å². The monoisotopic (exact) mass is 1020 g/mol. The summed E-state index contributed by atoms with van der Waals surface area (Å²) in [4.78, 5) is 14.6. The zero-order valence-corrected chi connectivity index (χ0v) is 49.5. The Morgan fingerprint density at radius 2 is 1.21 bits per heavy atom. The van der Waals surface area contributed by atoms with Crippen molar-refractivity contribution in [3.63, 3.8) is 0 Å². The fourth-order valence-electron chi connectivity index (χ4n) is 11.4. The molecule has 398 valence electrons. The first-order valence-electron chi connectivity index (χ1n) is 27.2. The van der Waals surface area contributed by atoms with E-state index >= 15 is 0 Å². The fraction of sp³-hybridized carbons (Fsp3) is 0.565. The van der Waals surface area contributed by atoms with Crippen molar-refractivity contribution in [2.24, 2.45) is 23.7 Å². The lowest BCUT2D eigenvalue weighted by atomic mass is 9.79. The lowest BCUT2D eigenvalue weighted by Gasteiger charge is -2.48. The van der Waals surface area contributed by atoms with Crippen LogP contribution in [0.1, 0.15) is 126 Å². The van der Waals surface area contributed by atoms with Crippen LogP contribution in [0.3, 0.4) is 0 Å². The molecule has 0 fully saturated rings. The molecule has 1 heterocycles. The van der Waals surface area contributed by atoms with Gasteiger partial charge in [-0.1, -0.05) is 191 Å². The van der Waals surface area contributed by atoms with Crippen LogP contribution < -0.4 is 4.74 Å². The summed E-state index contributed by atoms with van der Waals surface area (Å²) < 4.78 is 47.3. The van der Waals surface area contributed by atoms with Gasteiger partial charge in [0, 0.05) is 18.9 Å². The minimum atomic E-state index is -2.20. The summed E-state index contributed by atoms with van der Waals surface area (Å²) in [5.74, 6) is 0.264. The summed E-state index contributed by atoms with van der Waals surface area (Å²) in [5, 5.41) is 0. The van der Waals surface area contributed by atoms with Crippen LogP contribution in [0.2, 0.25) is 35.3 Å². The second-order valence-electron chi connectivity index (χ2n) is 21.2. The van der Waals surface area contributed by atoms with Crippen LogP contribution in [0.4, 0.5) is 0 Å². The van der Waals surface area contributed by atoms with Gasteiger partial charge in [-0.05, 0) is 109 Å². The molecular formula is C62H94O8Si2. The third kappa shape index (κ3) is 14.6. The molecule has 1 aliphatic rings. The van der Waals surface area contributed by atoms with Gasteiger partial charge in [0.15, 0.2) is 16.6 Å². The molecule has 1 aliphatic heterocycles. The third-order valence-corrected chi connectivity index (χ3v) is 26.6. The van der Waals surface area contributed by atoms with Crippen molar-refractivity contribution >= 4 is 22.6 Å². The largest absolute Gasteiger partial charge is 0.497 e. The van der Waals surface area contributed by atoms with Crippen molar-refractivity contribution in [1.29, 1.82) is 0 Å². The second-order valence-corrected chi connectivity index (χ2v) is 31.0. The van der Waals surface area contributed by atoms with Crippen molar-refractivity contribution in [1.82, 2.24) is 0 Å². The van der Waals surface area contributed by atoms with E-state index in [0.717, 1.165) is 65.0 Å². The van der Waals surface area contributed by atoms with Crippen molar-refractivity contribution < 1.29 is 37.3 Å². The van der Waals surface area contributed by atoms with E-state index in [1.54, 1.807) is 14.2 Å². The second kappa shape index (κ2) is 28.6. The van der Waals surface area contributed by atoms with E-state index in [0.29, 0.717) is 11.1 Å². The molecule has 3 aromatic carbocycles. The number of ether oxygens (including phenoxy) is 5. The maximum Gasteiger partial charge on any atom is 0.373 e. The van der Waals surface area contributed by atoms with E-state index < -0.39 is 40.4 Å². The number of benzene rings is 3. The highest BCUT2D eigenvalue weighted by molar-refractivity contribution is 6.75. The molecule has 0 N–H and O–H groups in total. The van der Waals surface area contributed by atoms with Gasteiger partial charge in [0.2, 0.25) is 5.76 Å². The van der Waals surface area contributed by atoms with E-state index in [2.05, 4.69) is 145 Å². The van der Waals surface area contributed by atoms with Crippen molar-refractivity contribution in [3.05, 3.63) is 149 Å². The summed E-state index contributed by atoms with van der Waals surface area (Å²) in [6.07, 6.45) is 10.6. The number of allylic oxidation sites excluding steroid dienone is 5. The molecule has 0 amide bonds. The normalized spacial score (nSPS) is 25.5. The standard InChI is InChI=1S/C62H94O8Si2/c1-18-55-58(69-71(19-2,20-3)44(6)7)48(12)40-46(10)30-29-35-56(65-16)60(68-61(63)57(66-17)42-47(11)41-49(13)59(55)70-72(21-4,22-5)45(8)9)50(14)43-67-62(51-31-25-23-26-32-51,52-33-27-24-28-34-52)53-36-38-54(64-15)39-37-53/h23-39,41-42,44-45,48-50,55-56,58-60H,18-22,40,43H2,1-17H3/b35-29+,46-30+,47-41+,57-42-/t48-,49-,50+,55+,56+,58+,59-,60-/m1/s1. The predicted molar refractivity (Wildman–Crippen MR) is 303 cm³/mol. The summed E-state index contributed by atoms with van der Waals surface area (Å²) in [7, 11) is 0.492. The van der Waals surface area contributed by atoms with Gasteiger partial charge in [-0.2, -0.15) is 0 Å². The van der Waals surface area contributed by atoms with Crippen LogP contribution in [0.5, 0.6) is 5.75 Å². The SMILES string of the molecule is CC[C@H]1[C@@H](O[Si](CC)(CC)C(C)C)[C@H](C)C/C(C)=C/C=C/[C@H](OC)[C@@H]([C@@H](C)COC(c2ccccc2)(c2ccccc2)c2ccc(OC)cc2)OC(=O)/C(OC)=C/C(C)=C/[C@@H](C)[C@H]1O[Si](CC)(CC)C(C)C. The summed E-state index contributed by atoms with van der Waals surface area (Å²) in [6.45, 7) is 32.3. The Kier molecular flexibility index (Phi) is 24.0. The highest BCUT2D eigenvalue weighted by Crippen LogP contribution is 2.44. The lowest BCUT2D eigenvalue weighted by Crippen LogP contribution is -2.54. The quantitative estimate of drug-likeness (QED) is 0.0593. The van der Waals surface area contributed by atoms with E-state index in [1.807, 2.05) is 67.6 Å². The van der Waals surface area contributed by atoms with Crippen LogP contribution >= 0.6 is 0 Å². The number of carbonyl (C=O) groups excluding carboxylic acids is 1. The molecule has 0 unspecified atom stereocenters. The number of rotatable bonds is 21. The smallest absolute Gasteiger partial charge is 0.373 e. The van der Waals surface area contributed by atoms with Gasteiger partial charge in [-0.25, -0.2) is 4.79 Å². The zero-order valence-electron chi connectivity index (χ0n) is 47.5. The number of methoxy groups -OCH3 is 3. The Morgan fingerprint density at radius 1 is 0.694 bits per heavy atom. The molecule has 8 nitrogen and oxygen atoms in total. The summed E-state index contributed by atoms with van der Waals surface area (Å²) in [6, 6.07) is 32.8. The van der Waals surface area contributed by atoms with Crippen LogP contribution in [0.25, 0.3) is 0 Å². The van der Waals surface area contributed by atoms with Gasteiger partial charge in [0.25, 0.3) is 0 Å². The third-order valence-electron chi connectivity index (χ3n) is 16.1. The molecule has 3 aromatic rings. The van der Waals surface area contributed by atoms with Gasteiger partial charge in [0.1, 0.15) is 23.6 Å². The molecule has 0 radical (unpaired) electrons. The van der Waals surface area contributed by atoms with Gasteiger partial charge in [-0.3, -0.25) is 0 Å². The highest BCUT2D eigenvalue weighted by atomic mass is 28.4. The van der Waals surface area contributed by atoms with Gasteiger partial charge in [0.05, 0.1) is 33.0 Å². The summed E-state index contributed by atoms with van der Waals surface area (Å²) in [5.41, 5.74) is 4.88. The first-order chi connectivity index (χ1) is 34.4. The lowest BCUT2D eigenvalue weighted by molar-refractivity contribution is -0.160. The minimum Gasteiger partial charge on any atom is -0.497 e. The van der Waals surface area contributed by atoms with Crippen molar-refractivity contribution in [2.75, 3.05) is 27.9 Å². The number of hydrogen-bond acceptors (Lipinski definition) is 8. The molecule has 0 saturated carbocycles. The average molecular weight is 1020 g/mol. The molecular weight excluding hydrogens is 929 g/mol. The van der Waals surface area contributed by atoms with E-state index in [9.17, 15) is 4.79 Å². The molecule has 0 bridgehead atoms. The topological polar surface area (TPSA) is 81.7 Å². The molecule has 0 aliphatic carbocycles. The Balaban J connectivity index is 1.92. The van der Waals surface area contributed by atoms with Crippen LogP contribution in [-0.2, 0) is 38.2 Å². The Bertz CT molecular complexity index is 2150. The predicted octanol–water partition coefficient (Wildman–Crippen LogP) is 15.8. The first kappa shape index (κ1) is 60.5. The van der Waals surface area contributed by atoms with Crippen LogP contribution in [0, 0.1) is 23.7 Å². The maximum absolute atomic E-state index is 14.6. The van der Waals surface area contributed by atoms with E-state index in [1.165, 1.54) is 12.7 Å². The van der Waals surface area contributed by atoms with Gasteiger partial charge in [-0.15, -0.1) is 0 Å². The molecule has 72 heavy (non-hydrogen) atoms. The van der Waals surface area contributed by atoms with Crippen molar-refractivity contribution in [3.8, 4) is 5.75 Å². The fourth-order valence-corrected chi connectivity index (χ4v) is 18.8. The van der Waals surface area contributed by atoms with Gasteiger partial charge < -0.3 is 32.5 Å². The summed E-state index contributed by atoms with van der Waals surface area (Å²) >= 11 is 0. The molecule has 10 heteroatoms. The zero-order chi connectivity index (χ0) is 53.2. The first-order valence-corrected chi connectivity index (χ1v) is 32.0. The molecule has 8 atom stereocenters. The van der Waals surface area contributed by atoms with Crippen LogP contribution in [-0.4, -0.2) is 75.0 Å². The Hall–Kier alpha value is -4.04. The minimum absolute atomic E-state index is 0.00201. The van der Waals surface area contributed by atoms with Crippen molar-refractivity contribution in [2.45, 2.75) is 175 Å². The average Bonchev–Trinajstić information content (AvgIpc) is 3.38. The molecule has 0 saturated heterocycles. The molecule has 0 spiro atoms. The maximum atomic E-state index is 14.6. The van der Waals surface area contributed by atoms with Crippen LogP contribution in [0.15, 0.2) is 132 Å². The number of carbonyl (C=O) groups is 1. The number of esters is 1. The highest BCUT2D eigenvalue weighted by Gasteiger charge is 2.47. The molecule has 0 aromatic heterocycles. The molecule has 4 rings (SSSR count). The Morgan fingerprint density at radius 3 is 1.67 bits per heavy atom. The number of cyclic esters (lactones) is 1. The number of hydrogen-bond donors (Lipinski definition) is 0. The van der Waals surface area contributed by atoms with E-state index in [-0.39, 0.29) is 48.2 Å². The Labute approximate surface area is 439 Å².